The second-order valence-corrected chi connectivity index (χ2v) is 13.5. The largest absolute Gasteiger partial charge is 0.389 e. The number of hydrogen-bond donors (Lipinski definition) is 5. The molecule has 21 heteroatoms. The van der Waals surface area contributed by atoms with Gasteiger partial charge in [0.1, 0.15) is 11.6 Å². The standard InChI is InChI=1S/C18H17BrClF3N6O.C11H11BrClF3N4/c1-17(2)12-13(24)25-16(27-14(12)26-15(17)30)29-28-11(5-6-18(21,22)23)9-7-8(20)3-4-10(9)19;12-8-2-1-6(13)5-7(8)9(19-20-10(17)18)3-4-11(14,15)16/h3-4,7H,5-6H2,1-2H3,(H4,24,25,26,27,29,30);1-2,5H,3-4H2,(H4,17,18,20)/b28-11+;19-9+. The molecule has 0 aliphatic carbocycles. The summed E-state index contributed by atoms with van der Waals surface area (Å²) in [6.07, 6.45) is -11.5. The van der Waals surface area contributed by atoms with Gasteiger partial charge in [0.2, 0.25) is 17.8 Å². The van der Waals surface area contributed by atoms with E-state index < -0.39 is 37.0 Å². The van der Waals surface area contributed by atoms with Crippen molar-refractivity contribution < 1.29 is 31.1 Å². The van der Waals surface area contributed by atoms with E-state index in [-0.39, 0.29) is 47.3 Å². The molecule has 0 bridgehead atoms. The molecule has 1 aliphatic heterocycles. The lowest BCUT2D eigenvalue weighted by molar-refractivity contribution is -0.133. The molecule has 1 aromatic heterocycles. The lowest BCUT2D eigenvalue weighted by atomic mass is 9.87. The molecule has 50 heavy (non-hydrogen) atoms. The van der Waals surface area contributed by atoms with Crippen LogP contribution in [0.15, 0.2) is 60.6 Å². The van der Waals surface area contributed by atoms with E-state index in [4.69, 9.17) is 40.4 Å². The normalized spacial score (nSPS) is 14.4. The van der Waals surface area contributed by atoms with Gasteiger partial charge in [-0.1, -0.05) is 55.1 Å². The number of fused-ring (bicyclic) bond motifs is 1. The van der Waals surface area contributed by atoms with Crippen LogP contribution in [0, 0.1) is 0 Å². The molecule has 0 radical (unpaired) electrons. The second kappa shape index (κ2) is 16.6. The van der Waals surface area contributed by atoms with Crippen LogP contribution in [0.25, 0.3) is 0 Å². The highest BCUT2D eigenvalue weighted by Gasteiger charge is 2.42. The number of rotatable bonds is 9. The first-order valence-electron chi connectivity index (χ1n) is 14.1. The maximum absolute atomic E-state index is 12.8. The van der Waals surface area contributed by atoms with Gasteiger partial charge in [0.25, 0.3) is 0 Å². The highest BCUT2D eigenvalue weighted by atomic mass is 79.9. The second-order valence-electron chi connectivity index (χ2n) is 11.0. The van der Waals surface area contributed by atoms with Crippen LogP contribution >= 0.6 is 55.1 Å². The Hall–Kier alpha value is -3.68. The Morgan fingerprint density at radius 3 is 1.88 bits per heavy atom. The van der Waals surface area contributed by atoms with E-state index in [1.54, 1.807) is 38.1 Å². The molecule has 0 spiro atoms. The Bertz CT molecular complexity index is 1830. The molecule has 2 aromatic carbocycles. The number of carbonyl (C=O) groups excluding carboxylic acids is 1. The monoisotopic (exact) mass is 874 g/mol. The minimum atomic E-state index is -4.36. The summed E-state index contributed by atoms with van der Waals surface area (Å²) in [4.78, 5) is 20.4. The number of alkyl halides is 6. The summed E-state index contributed by atoms with van der Waals surface area (Å²) in [5, 5.41) is 14.5. The van der Waals surface area contributed by atoms with E-state index in [0.29, 0.717) is 35.7 Å². The van der Waals surface area contributed by atoms with Crippen LogP contribution in [0.4, 0.5) is 43.9 Å². The molecule has 11 nitrogen and oxygen atoms in total. The van der Waals surface area contributed by atoms with Crippen molar-refractivity contribution in [2.45, 2.75) is 57.3 Å². The van der Waals surface area contributed by atoms with Crippen LogP contribution in [-0.4, -0.2) is 45.6 Å². The smallest absolute Gasteiger partial charge is 0.383 e. The summed E-state index contributed by atoms with van der Waals surface area (Å²) in [6, 6.07) is 9.40. The maximum atomic E-state index is 12.8. The Labute approximate surface area is 308 Å². The summed E-state index contributed by atoms with van der Waals surface area (Å²) < 4.78 is 76.5. The number of nitrogens with two attached hydrogens (primary N) is 3. The van der Waals surface area contributed by atoms with Crippen molar-refractivity contribution >= 4 is 95.9 Å². The number of nitrogens with one attached hydrogen (secondary N) is 2. The lowest BCUT2D eigenvalue weighted by Gasteiger charge is -2.16. The molecule has 1 aliphatic rings. The summed E-state index contributed by atoms with van der Waals surface area (Å²) in [7, 11) is 0. The third-order valence-corrected chi connectivity index (χ3v) is 8.56. The molecule has 0 saturated heterocycles. The molecule has 8 N–H and O–H groups in total. The van der Waals surface area contributed by atoms with E-state index in [0.717, 1.165) is 0 Å². The molecule has 0 saturated carbocycles. The highest BCUT2D eigenvalue weighted by molar-refractivity contribution is 9.10. The van der Waals surface area contributed by atoms with Crippen molar-refractivity contribution in [3.05, 3.63) is 72.1 Å². The minimum absolute atomic E-state index is 0.0630. The van der Waals surface area contributed by atoms with Gasteiger partial charge in [-0.15, -0.1) is 5.10 Å². The van der Waals surface area contributed by atoms with Gasteiger partial charge < -0.3 is 22.5 Å². The third-order valence-electron chi connectivity index (χ3n) is 6.71. The lowest BCUT2D eigenvalue weighted by Crippen LogP contribution is -2.27. The molecule has 0 atom stereocenters. The molecular weight excluding hydrogens is 849 g/mol. The summed E-state index contributed by atoms with van der Waals surface area (Å²) >= 11 is 18.4. The van der Waals surface area contributed by atoms with E-state index in [9.17, 15) is 31.1 Å². The fraction of sp³-hybridized carbons (Fsp3) is 0.310. The van der Waals surface area contributed by atoms with Crippen molar-refractivity contribution in [3.8, 4) is 0 Å². The predicted octanol–water partition coefficient (Wildman–Crippen LogP) is 8.29. The minimum Gasteiger partial charge on any atom is -0.383 e. The van der Waals surface area contributed by atoms with Crippen LogP contribution in [0.1, 0.15) is 56.2 Å². The topological polar surface area (TPSA) is 182 Å². The van der Waals surface area contributed by atoms with Crippen molar-refractivity contribution in [1.82, 2.24) is 9.97 Å². The molecule has 0 fully saturated rings. The zero-order valence-corrected chi connectivity index (χ0v) is 30.6. The van der Waals surface area contributed by atoms with E-state index >= 15 is 0 Å². The first-order chi connectivity index (χ1) is 23.1. The van der Waals surface area contributed by atoms with E-state index in [1.165, 1.54) is 12.1 Å². The quantitative estimate of drug-likeness (QED) is 0.0621. The number of carbonyl (C=O) groups is 1. The number of halogens is 10. The third kappa shape index (κ3) is 11.7. The molecule has 0 unspecified atom stereocenters. The predicted molar refractivity (Wildman–Crippen MR) is 189 cm³/mol. The maximum Gasteiger partial charge on any atom is 0.389 e. The van der Waals surface area contributed by atoms with E-state index in [2.05, 4.69) is 67.9 Å². The van der Waals surface area contributed by atoms with Gasteiger partial charge in [-0.2, -0.15) is 46.5 Å². The summed E-state index contributed by atoms with van der Waals surface area (Å²) in [6.45, 7) is 3.37. The Morgan fingerprint density at radius 2 is 1.38 bits per heavy atom. The van der Waals surface area contributed by atoms with Gasteiger partial charge in [-0.3, -0.25) is 4.79 Å². The van der Waals surface area contributed by atoms with Crippen LogP contribution in [0.3, 0.4) is 0 Å². The Balaban J connectivity index is 0.000000295. The number of anilines is 3. The number of aromatic nitrogens is 2. The van der Waals surface area contributed by atoms with Crippen LogP contribution in [-0.2, 0) is 10.2 Å². The first kappa shape index (κ1) is 40.7. The highest BCUT2D eigenvalue weighted by Crippen LogP contribution is 2.39. The number of hydrazone groups is 1. The summed E-state index contributed by atoms with van der Waals surface area (Å²) in [5.74, 6) is -0.384. The van der Waals surface area contributed by atoms with Crippen molar-refractivity contribution in [1.29, 1.82) is 0 Å². The zero-order chi connectivity index (χ0) is 37.6. The van der Waals surface area contributed by atoms with Gasteiger partial charge in [0.05, 0.1) is 22.4 Å². The van der Waals surface area contributed by atoms with Gasteiger partial charge >= 0.3 is 12.4 Å². The SMILES string of the molecule is CC1(C)C(=O)Nc2nc(N/N=C(\CCC(F)(F)F)c3cc(Cl)ccc3Br)nc(N)c21.NC(N)=N/N=C(\CCC(F)(F)F)c1cc(Cl)ccc1Br. The van der Waals surface area contributed by atoms with Crippen molar-refractivity contribution in [3.63, 3.8) is 0 Å². The van der Waals surface area contributed by atoms with Crippen molar-refractivity contribution in [2.75, 3.05) is 16.5 Å². The molecule has 1 amide bonds. The van der Waals surface area contributed by atoms with Gasteiger partial charge in [-0.25, -0.2) is 5.43 Å². The number of hydrogen-bond acceptors (Lipinski definition) is 8. The van der Waals surface area contributed by atoms with Gasteiger partial charge in [0.15, 0.2) is 0 Å². The fourth-order valence-electron chi connectivity index (χ4n) is 4.29. The molecule has 2 heterocycles. The van der Waals surface area contributed by atoms with Crippen LogP contribution < -0.4 is 27.9 Å². The first-order valence-corrected chi connectivity index (χ1v) is 16.4. The number of benzene rings is 2. The molecule has 4 rings (SSSR count). The number of guanidine groups is 1. The average molecular weight is 877 g/mol. The Kier molecular flexibility index (Phi) is 13.5. The zero-order valence-electron chi connectivity index (χ0n) is 25.9. The Morgan fingerprint density at radius 1 is 0.880 bits per heavy atom. The van der Waals surface area contributed by atoms with Crippen LogP contribution in [0.2, 0.25) is 10.0 Å². The average Bonchev–Trinajstić information content (AvgIpc) is 3.22. The number of nitrogen functional groups attached to an aromatic ring is 1. The van der Waals surface area contributed by atoms with Crippen molar-refractivity contribution in [2.24, 2.45) is 26.8 Å². The van der Waals surface area contributed by atoms with E-state index in [1.807, 2.05) is 0 Å². The summed E-state index contributed by atoms with van der Waals surface area (Å²) in [5.41, 5.74) is 19.3. The number of amides is 1. The molecule has 270 valence electrons. The van der Waals surface area contributed by atoms with Crippen LogP contribution in [0.5, 0.6) is 0 Å². The number of nitrogens with zero attached hydrogens (tertiary/aromatic N) is 5. The molecular formula is C29H28Br2Cl2F6N10O. The molecule has 3 aromatic rings. The van der Waals surface area contributed by atoms with Gasteiger partial charge in [-0.05, 0) is 50.2 Å². The fourth-order valence-corrected chi connectivity index (χ4v) is 5.59. The van der Waals surface area contributed by atoms with Gasteiger partial charge in [0, 0.05) is 55.8 Å².